The van der Waals surface area contributed by atoms with Gasteiger partial charge in [0.05, 0.1) is 6.61 Å². The Morgan fingerprint density at radius 3 is 2.93 bits per heavy atom. The second kappa shape index (κ2) is 5.62. The molecule has 3 heteroatoms. The van der Waals surface area contributed by atoms with Crippen LogP contribution in [0.3, 0.4) is 0 Å². The van der Waals surface area contributed by atoms with Gasteiger partial charge >= 0.3 is 0 Å². The molecule has 0 aliphatic heterocycles. The number of phenolic OH excluding ortho intramolecular Hbond substituents is 1. The van der Waals surface area contributed by atoms with E-state index in [0.717, 1.165) is 12.1 Å². The lowest BCUT2D eigenvalue weighted by molar-refractivity contribution is 0.171. The fourth-order valence-electron chi connectivity index (χ4n) is 1.27. The minimum absolute atomic E-state index is 0.309. The molecule has 0 aliphatic carbocycles. The molecule has 0 amide bonds. The van der Waals surface area contributed by atoms with Gasteiger partial charge in [0.1, 0.15) is 5.75 Å². The minimum Gasteiger partial charge on any atom is -0.508 e. The van der Waals surface area contributed by atoms with Crippen molar-refractivity contribution >= 4 is 0 Å². The van der Waals surface area contributed by atoms with E-state index in [2.05, 4.69) is 12.2 Å². The van der Waals surface area contributed by atoms with E-state index in [4.69, 9.17) is 4.74 Å². The molecule has 78 valence electrons. The Morgan fingerprint density at radius 1 is 1.50 bits per heavy atom. The van der Waals surface area contributed by atoms with E-state index in [1.54, 1.807) is 19.2 Å². The lowest BCUT2D eigenvalue weighted by Gasteiger charge is -2.12. The van der Waals surface area contributed by atoms with Crippen LogP contribution in [0.2, 0.25) is 0 Å². The second-order valence-corrected chi connectivity index (χ2v) is 3.41. The van der Waals surface area contributed by atoms with Gasteiger partial charge in [-0.05, 0) is 24.6 Å². The summed E-state index contributed by atoms with van der Waals surface area (Å²) in [6.45, 7) is 3.50. The number of aromatic hydroxyl groups is 1. The molecule has 0 aromatic heterocycles. The van der Waals surface area contributed by atoms with Crippen LogP contribution < -0.4 is 5.32 Å². The van der Waals surface area contributed by atoms with Gasteiger partial charge < -0.3 is 15.2 Å². The fraction of sp³-hybridized carbons (Fsp3) is 0.455. The zero-order valence-electron chi connectivity index (χ0n) is 8.66. The molecule has 1 atom stereocenters. The van der Waals surface area contributed by atoms with E-state index in [0.29, 0.717) is 18.4 Å². The highest BCUT2D eigenvalue weighted by atomic mass is 16.5. The number of hydrogen-bond donors (Lipinski definition) is 2. The van der Waals surface area contributed by atoms with Gasteiger partial charge in [0.2, 0.25) is 0 Å². The van der Waals surface area contributed by atoms with Crippen molar-refractivity contribution in [1.29, 1.82) is 0 Å². The summed E-state index contributed by atoms with van der Waals surface area (Å²) in [5.41, 5.74) is 1.08. The summed E-state index contributed by atoms with van der Waals surface area (Å²) >= 11 is 0. The summed E-state index contributed by atoms with van der Waals surface area (Å²) in [7, 11) is 1.69. The molecule has 3 nitrogen and oxygen atoms in total. The maximum atomic E-state index is 9.23. The predicted molar refractivity (Wildman–Crippen MR) is 56.3 cm³/mol. The molecule has 0 bridgehead atoms. The smallest absolute Gasteiger partial charge is 0.115 e. The Labute approximate surface area is 84.7 Å². The second-order valence-electron chi connectivity index (χ2n) is 3.41. The molecule has 1 aromatic carbocycles. The molecular formula is C11H17NO2. The Kier molecular flexibility index (Phi) is 4.43. The van der Waals surface area contributed by atoms with Crippen LogP contribution in [0.4, 0.5) is 0 Å². The SMILES string of the molecule is COC[C@@H](C)NCc1cccc(O)c1. The van der Waals surface area contributed by atoms with Crippen molar-refractivity contribution in [3.63, 3.8) is 0 Å². The van der Waals surface area contributed by atoms with Gasteiger partial charge in [0.25, 0.3) is 0 Å². The van der Waals surface area contributed by atoms with E-state index < -0.39 is 0 Å². The number of methoxy groups -OCH3 is 1. The molecule has 1 aromatic rings. The Morgan fingerprint density at radius 2 is 2.29 bits per heavy atom. The van der Waals surface area contributed by atoms with Gasteiger partial charge in [-0.1, -0.05) is 12.1 Å². The largest absolute Gasteiger partial charge is 0.508 e. The standard InChI is InChI=1S/C11H17NO2/c1-9(8-14-2)12-7-10-4-3-5-11(13)6-10/h3-6,9,12-13H,7-8H2,1-2H3/t9-/m1/s1. The van der Waals surface area contributed by atoms with E-state index in [1.165, 1.54) is 0 Å². The van der Waals surface area contributed by atoms with E-state index >= 15 is 0 Å². The quantitative estimate of drug-likeness (QED) is 0.748. The molecule has 2 N–H and O–H groups in total. The number of benzene rings is 1. The first-order valence-electron chi connectivity index (χ1n) is 4.72. The van der Waals surface area contributed by atoms with Crippen LogP contribution in [0.25, 0.3) is 0 Å². The van der Waals surface area contributed by atoms with Gasteiger partial charge in [-0.25, -0.2) is 0 Å². The maximum absolute atomic E-state index is 9.23. The lowest BCUT2D eigenvalue weighted by atomic mass is 10.2. The van der Waals surface area contributed by atoms with Crippen molar-refractivity contribution in [3.05, 3.63) is 29.8 Å². The molecule has 0 saturated carbocycles. The van der Waals surface area contributed by atoms with Crippen molar-refractivity contribution in [1.82, 2.24) is 5.32 Å². The lowest BCUT2D eigenvalue weighted by Crippen LogP contribution is -2.29. The van der Waals surface area contributed by atoms with Gasteiger partial charge in [-0.2, -0.15) is 0 Å². The molecule has 0 aliphatic rings. The number of ether oxygens (including phenoxy) is 1. The van der Waals surface area contributed by atoms with Crippen LogP contribution in [0.15, 0.2) is 24.3 Å². The summed E-state index contributed by atoms with van der Waals surface area (Å²) in [5.74, 6) is 0.309. The predicted octanol–water partition coefficient (Wildman–Crippen LogP) is 1.52. The van der Waals surface area contributed by atoms with Gasteiger partial charge in [0.15, 0.2) is 0 Å². The first-order chi connectivity index (χ1) is 6.72. The number of hydrogen-bond acceptors (Lipinski definition) is 3. The Hall–Kier alpha value is -1.06. The molecule has 0 radical (unpaired) electrons. The highest BCUT2D eigenvalue weighted by Crippen LogP contribution is 2.10. The zero-order valence-corrected chi connectivity index (χ0v) is 8.66. The number of rotatable bonds is 5. The number of phenols is 1. The van der Waals surface area contributed by atoms with Crippen molar-refractivity contribution in [3.8, 4) is 5.75 Å². The van der Waals surface area contributed by atoms with E-state index in [9.17, 15) is 5.11 Å². The van der Waals surface area contributed by atoms with Gasteiger partial charge in [0, 0.05) is 19.7 Å². The van der Waals surface area contributed by atoms with Crippen LogP contribution in [0.1, 0.15) is 12.5 Å². The molecule has 0 spiro atoms. The van der Waals surface area contributed by atoms with Crippen LogP contribution >= 0.6 is 0 Å². The summed E-state index contributed by atoms with van der Waals surface area (Å²) in [6, 6.07) is 7.57. The van der Waals surface area contributed by atoms with E-state index in [1.807, 2.05) is 12.1 Å². The summed E-state index contributed by atoms with van der Waals surface area (Å²) in [6.07, 6.45) is 0. The third-order valence-corrected chi connectivity index (χ3v) is 1.98. The van der Waals surface area contributed by atoms with Crippen molar-refractivity contribution in [2.45, 2.75) is 19.5 Å². The molecule has 0 heterocycles. The van der Waals surface area contributed by atoms with Crippen molar-refractivity contribution in [2.75, 3.05) is 13.7 Å². The average Bonchev–Trinajstić information content (AvgIpc) is 2.15. The zero-order chi connectivity index (χ0) is 10.4. The Balaban J connectivity index is 2.37. The van der Waals surface area contributed by atoms with Gasteiger partial charge in [-0.15, -0.1) is 0 Å². The van der Waals surface area contributed by atoms with Crippen LogP contribution in [0, 0.1) is 0 Å². The highest BCUT2D eigenvalue weighted by Gasteiger charge is 2.00. The monoisotopic (exact) mass is 195 g/mol. The number of nitrogens with one attached hydrogen (secondary N) is 1. The topological polar surface area (TPSA) is 41.5 Å². The summed E-state index contributed by atoms with van der Waals surface area (Å²) in [5, 5.41) is 12.5. The first-order valence-corrected chi connectivity index (χ1v) is 4.72. The Bertz CT molecular complexity index is 276. The van der Waals surface area contributed by atoms with Crippen LogP contribution in [-0.2, 0) is 11.3 Å². The fourth-order valence-corrected chi connectivity index (χ4v) is 1.27. The molecule has 0 fully saturated rings. The van der Waals surface area contributed by atoms with Gasteiger partial charge in [-0.3, -0.25) is 0 Å². The average molecular weight is 195 g/mol. The summed E-state index contributed by atoms with van der Waals surface area (Å²) < 4.78 is 5.00. The first kappa shape index (κ1) is 11.0. The van der Waals surface area contributed by atoms with E-state index in [-0.39, 0.29) is 0 Å². The minimum atomic E-state index is 0.309. The summed E-state index contributed by atoms with van der Waals surface area (Å²) in [4.78, 5) is 0. The molecule has 0 unspecified atom stereocenters. The third kappa shape index (κ3) is 3.77. The molecule has 1 rings (SSSR count). The molecular weight excluding hydrogens is 178 g/mol. The van der Waals surface area contributed by atoms with Crippen molar-refractivity contribution < 1.29 is 9.84 Å². The van der Waals surface area contributed by atoms with Crippen molar-refractivity contribution in [2.24, 2.45) is 0 Å². The highest BCUT2D eigenvalue weighted by molar-refractivity contribution is 5.26. The normalized spacial score (nSPS) is 12.7. The van der Waals surface area contributed by atoms with Crippen LogP contribution in [0.5, 0.6) is 5.75 Å². The molecule has 0 saturated heterocycles. The molecule has 14 heavy (non-hydrogen) atoms. The van der Waals surface area contributed by atoms with Crippen LogP contribution in [-0.4, -0.2) is 24.9 Å². The third-order valence-electron chi connectivity index (χ3n) is 1.98. The maximum Gasteiger partial charge on any atom is 0.115 e.